The second-order valence-corrected chi connectivity index (χ2v) is 5.23. The first-order chi connectivity index (χ1) is 10.2. The number of nitrogens with one attached hydrogen (secondary N) is 1. The van der Waals surface area contributed by atoms with Gasteiger partial charge >= 0.3 is 0 Å². The van der Waals surface area contributed by atoms with Gasteiger partial charge in [0.1, 0.15) is 17.9 Å². The van der Waals surface area contributed by atoms with Crippen LogP contribution in [0, 0.1) is 5.92 Å². The van der Waals surface area contributed by atoms with E-state index in [1.165, 1.54) is 5.56 Å². The topological polar surface area (TPSA) is 52.0 Å². The Labute approximate surface area is 126 Å². The van der Waals surface area contributed by atoms with Gasteiger partial charge in [-0.15, -0.1) is 0 Å². The summed E-state index contributed by atoms with van der Waals surface area (Å²) in [4.78, 5) is 4.34. The lowest BCUT2D eigenvalue weighted by atomic mass is 9.95. The van der Waals surface area contributed by atoms with E-state index in [9.17, 15) is 0 Å². The maximum atomic E-state index is 5.21. The summed E-state index contributed by atoms with van der Waals surface area (Å²) < 4.78 is 7.06. The van der Waals surface area contributed by atoms with E-state index < -0.39 is 0 Å². The Morgan fingerprint density at radius 1 is 1.24 bits per heavy atom. The minimum atomic E-state index is 0.501. The zero-order valence-corrected chi connectivity index (χ0v) is 13.0. The average Bonchev–Trinajstić information content (AvgIpc) is 2.91. The molecule has 1 aromatic heterocycles. The lowest BCUT2D eigenvalue weighted by Gasteiger charge is -2.17. The highest BCUT2D eigenvalue weighted by molar-refractivity contribution is 5.27. The summed E-state index contributed by atoms with van der Waals surface area (Å²) in [6.45, 7) is 4.10. The Hall–Kier alpha value is -1.88. The lowest BCUT2D eigenvalue weighted by molar-refractivity contribution is 0.414. The van der Waals surface area contributed by atoms with Crippen LogP contribution in [0.1, 0.15) is 18.3 Å². The van der Waals surface area contributed by atoms with Gasteiger partial charge < -0.3 is 10.1 Å². The SMILES string of the molecule is CCNCC(Cc1ccc(OC)cc1)Cc1ncnn1C. The molecule has 2 aromatic rings. The maximum Gasteiger partial charge on any atom is 0.138 e. The maximum absolute atomic E-state index is 5.21. The van der Waals surface area contributed by atoms with Crippen LogP contribution in [0.15, 0.2) is 30.6 Å². The van der Waals surface area contributed by atoms with E-state index in [2.05, 4.69) is 34.5 Å². The highest BCUT2D eigenvalue weighted by Gasteiger charge is 2.13. The fourth-order valence-corrected chi connectivity index (χ4v) is 2.42. The predicted molar refractivity (Wildman–Crippen MR) is 83.4 cm³/mol. The number of rotatable bonds is 8. The van der Waals surface area contributed by atoms with Crippen LogP contribution in [-0.2, 0) is 19.9 Å². The molecule has 21 heavy (non-hydrogen) atoms. The summed E-state index contributed by atoms with van der Waals surface area (Å²) in [5.41, 5.74) is 1.32. The Bertz CT molecular complexity index is 535. The molecular weight excluding hydrogens is 264 g/mol. The van der Waals surface area contributed by atoms with Crippen molar-refractivity contribution in [3.05, 3.63) is 42.0 Å². The van der Waals surface area contributed by atoms with Gasteiger partial charge in [-0.25, -0.2) is 4.98 Å². The van der Waals surface area contributed by atoms with Gasteiger partial charge in [-0.05, 0) is 43.1 Å². The first kappa shape index (κ1) is 15.5. The number of ether oxygens (including phenoxy) is 1. The van der Waals surface area contributed by atoms with Crippen LogP contribution in [0.4, 0.5) is 0 Å². The summed E-state index contributed by atoms with van der Waals surface area (Å²) in [5, 5.41) is 7.59. The number of aryl methyl sites for hydroxylation is 1. The summed E-state index contributed by atoms with van der Waals surface area (Å²) in [6, 6.07) is 8.30. The molecule has 0 saturated carbocycles. The number of nitrogens with zero attached hydrogens (tertiary/aromatic N) is 3. The lowest BCUT2D eigenvalue weighted by Crippen LogP contribution is -2.26. The highest BCUT2D eigenvalue weighted by Crippen LogP contribution is 2.16. The van der Waals surface area contributed by atoms with E-state index in [0.717, 1.165) is 37.5 Å². The standard InChI is InChI=1S/C16H24N4O/c1-4-17-11-14(10-16-18-12-19-20(16)2)9-13-5-7-15(21-3)8-6-13/h5-8,12,14,17H,4,9-11H2,1-3H3. The number of aromatic nitrogens is 3. The van der Waals surface area contributed by atoms with Crippen molar-refractivity contribution >= 4 is 0 Å². The zero-order valence-electron chi connectivity index (χ0n) is 13.0. The first-order valence-corrected chi connectivity index (χ1v) is 7.39. The summed E-state index contributed by atoms with van der Waals surface area (Å²) in [7, 11) is 3.64. The van der Waals surface area contributed by atoms with Gasteiger partial charge in [-0.2, -0.15) is 5.10 Å². The quantitative estimate of drug-likeness (QED) is 0.805. The van der Waals surface area contributed by atoms with Crippen LogP contribution < -0.4 is 10.1 Å². The van der Waals surface area contributed by atoms with Gasteiger partial charge in [0.25, 0.3) is 0 Å². The number of hydrogen-bond donors (Lipinski definition) is 1. The van der Waals surface area contributed by atoms with Crippen molar-refractivity contribution < 1.29 is 4.74 Å². The van der Waals surface area contributed by atoms with Crippen LogP contribution in [0.5, 0.6) is 5.75 Å². The minimum absolute atomic E-state index is 0.501. The molecule has 0 fully saturated rings. The molecule has 5 nitrogen and oxygen atoms in total. The summed E-state index contributed by atoms with van der Waals surface area (Å²) in [6.07, 6.45) is 3.56. The van der Waals surface area contributed by atoms with E-state index in [1.54, 1.807) is 13.4 Å². The fraction of sp³-hybridized carbons (Fsp3) is 0.500. The minimum Gasteiger partial charge on any atom is -0.497 e. The second kappa shape index (κ2) is 7.78. The predicted octanol–water partition coefficient (Wildman–Crippen LogP) is 1.83. The summed E-state index contributed by atoms with van der Waals surface area (Å²) >= 11 is 0. The van der Waals surface area contributed by atoms with Crippen LogP contribution in [0.2, 0.25) is 0 Å². The molecule has 0 aliphatic heterocycles. The van der Waals surface area contributed by atoms with E-state index in [-0.39, 0.29) is 0 Å². The molecule has 5 heteroatoms. The van der Waals surface area contributed by atoms with Gasteiger partial charge in [0.15, 0.2) is 0 Å². The zero-order chi connectivity index (χ0) is 15.1. The van der Waals surface area contributed by atoms with E-state index >= 15 is 0 Å². The number of benzene rings is 1. The van der Waals surface area contributed by atoms with Gasteiger partial charge in [-0.3, -0.25) is 4.68 Å². The third-order valence-electron chi connectivity index (χ3n) is 3.64. The van der Waals surface area contributed by atoms with Gasteiger partial charge in [0, 0.05) is 13.5 Å². The third kappa shape index (κ3) is 4.56. The second-order valence-electron chi connectivity index (χ2n) is 5.23. The van der Waals surface area contributed by atoms with Crippen molar-refractivity contribution in [3.8, 4) is 5.75 Å². The molecule has 0 amide bonds. The molecule has 0 aliphatic rings. The molecule has 2 rings (SSSR count). The van der Waals surface area contributed by atoms with Crippen molar-refractivity contribution in [2.75, 3.05) is 20.2 Å². The van der Waals surface area contributed by atoms with Crippen molar-refractivity contribution in [1.29, 1.82) is 0 Å². The molecule has 0 bridgehead atoms. The van der Waals surface area contributed by atoms with Crippen LogP contribution in [0.25, 0.3) is 0 Å². The van der Waals surface area contributed by atoms with Crippen molar-refractivity contribution in [2.24, 2.45) is 13.0 Å². The van der Waals surface area contributed by atoms with Crippen molar-refractivity contribution in [2.45, 2.75) is 19.8 Å². The molecule has 114 valence electrons. The molecular formula is C16H24N4O. The van der Waals surface area contributed by atoms with Gasteiger partial charge in [-0.1, -0.05) is 19.1 Å². The molecule has 0 aliphatic carbocycles. The molecule has 1 heterocycles. The van der Waals surface area contributed by atoms with Crippen molar-refractivity contribution in [3.63, 3.8) is 0 Å². The van der Waals surface area contributed by atoms with Crippen LogP contribution in [0.3, 0.4) is 0 Å². The molecule has 1 unspecified atom stereocenters. The van der Waals surface area contributed by atoms with Gasteiger partial charge in [0.05, 0.1) is 7.11 Å². The highest BCUT2D eigenvalue weighted by atomic mass is 16.5. The normalized spacial score (nSPS) is 12.3. The van der Waals surface area contributed by atoms with E-state index in [4.69, 9.17) is 4.74 Å². The average molecular weight is 288 g/mol. The van der Waals surface area contributed by atoms with Crippen molar-refractivity contribution in [1.82, 2.24) is 20.1 Å². The van der Waals surface area contributed by atoms with E-state index in [0.29, 0.717) is 5.92 Å². The largest absolute Gasteiger partial charge is 0.497 e. The first-order valence-electron chi connectivity index (χ1n) is 7.39. The van der Waals surface area contributed by atoms with Crippen LogP contribution in [-0.4, -0.2) is 35.0 Å². The Morgan fingerprint density at radius 3 is 2.57 bits per heavy atom. The number of methoxy groups -OCH3 is 1. The molecule has 1 N–H and O–H groups in total. The van der Waals surface area contributed by atoms with E-state index in [1.807, 2.05) is 23.9 Å². The Morgan fingerprint density at radius 2 is 2.00 bits per heavy atom. The third-order valence-corrected chi connectivity index (χ3v) is 3.64. The molecule has 1 atom stereocenters. The Balaban J connectivity index is 2.02. The van der Waals surface area contributed by atoms with Gasteiger partial charge in [0.2, 0.25) is 0 Å². The van der Waals surface area contributed by atoms with Crippen LogP contribution >= 0.6 is 0 Å². The molecule has 0 spiro atoms. The smallest absolute Gasteiger partial charge is 0.138 e. The molecule has 0 radical (unpaired) electrons. The number of hydrogen-bond acceptors (Lipinski definition) is 4. The fourth-order valence-electron chi connectivity index (χ4n) is 2.42. The molecule has 0 saturated heterocycles. The Kier molecular flexibility index (Phi) is 5.75. The summed E-state index contributed by atoms with van der Waals surface area (Å²) in [5.74, 6) is 2.43. The molecule has 1 aromatic carbocycles. The monoisotopic (exact) mass is 288 g/mol.